The molecule has 3 aliphatic carbocycles. The smallest absolute Gasteiger partial charge is 0.267 e. The topological polar surface area (TPSA) is 495 Å². The molecule has 17 aromatic rings. The first-order valence-corrected chi connectivity index (χ1v) is 43.7. The second-order valence-electron chi connectivity index (χ2n) is 31.4. The summed E-state index contributed by atoms with van der Waals surface area (Å²) in [4.78, 5) is 116. The standard InChI is InChI=1S/C24H21ClFN9O.C22H23ClN8O.C22H22ClN7O2.C21H20ClN7O2/c1-3-16(31-21-19(20(27)28-11-29-21)22-30-12-34(2)33-22)23-32-17-6-4-5-15(25)18(17)24(36)35(23)14-9-7-13(26)8-10-14;1-3-14(27-20-18(19(24)25-11-26-20)16-9-10-30(2)29-16)21-28-15-6-4-5-13(23)17(15)22(32)31(21)12-7-8-12;1-3-14(28-19-17(18(24)25-10-26-19)21-27-11(2)9-32-21)20-29-15-6-4-5-13(23)16(15)22(31)30(20)12-7-8-12;1-2-13(26-19-17(15-8-9-31-28-15)18(23)24-10-25-19)20-27-14-5-3-4-12(22)16(14)21(30)29(20)11-6-7-11/h4-12,16H,3H2,1-2H3,(H3,27,28,29,31);4-6,9-12,14H,3,7-8H2,1-2H3,(H3,24,25,26,27);4-6,9-10,12,14H,3,7-8H2,1-2H3,(H3,24,25,26,28);3-5,8-11,13H,2,6-7H2,1H3,(H3,23,24,25,26)/t16-;2*14-;13-/m0001/s1. The van der Waals surface area contributed by atoms with Crippen molar-refractivity contribution in [1.29, 1.82) is 0 Å². The van der Waals surface area contributed by atoms with Gasteiger partial charge in [-0.2, -0.15) is 10.2 Å². The summed E-state index contributed by atoms with van der Waals surface area (Å²) in [5, 5.41) is 29.5. The minimum absolute atomic E-state index is 0.106. The molecule has 0 saturated heterocycles. The summed E-state index contributed by atoms with van der Waals surface area (Å²) >= 11 is 25.4. The van der Waals surface area contributed by atoms with Crippen LogP contribution in [0.3, 0.4) is 0 Å². The number of aromatic nitrogens is 23. The molecule has 0 aliphatic heterocycles. The van der Waals surface area contributed by atoms with Crippen LogP contribution in [0.1, 0.15) is 163 Å². The molecule has 12 heterocycles. The quantitative estimate of drug-likeness (QED) is 0.0278. The molecular formula is C89H86Cl4FN31O6. The van der Waals surface area contributed by atoms with E-state index in [0.29, 0.717) is 182 Å². The minimum Gasteiger partial charge on any atom is -0.444 e. The molecule has 20 rings (SSSR count). The van der Waals surface area contributed by atoms with Gasteiger partial charge in [0.1, 0.15) is 137 Å². The van der Waals surface area contributed by atoms with Gasteiger partial charge in [0, 0.05) is 44.5 Å². The van der Waals surface area contributed by atoms with Gasteiger partial charge < -0.3 is 53.1 Å². The number of nitrogen functional groups attached to an aromatic ring is 4. The van der Waals surface area contributed by atoms with Crippen LogP contribution in [0, 0.1) is 12.7 Å². The Morgan fingerprint density at radius 2 is 0.817 bits per heavy atom. The van der Waals surface area contributed by atoms with E-state index in [4.69, 9.17) is 98.2 Å². The molecule has 3 saturated carbocycles. The van der Waals surface area contributed by atoms with Crippen molar-refractivity contribution < 1.29 is 13.3 Å². The number of hydrogen-bond donors (Lipinski definition) is 8. The summed E-state index contributed by atoms with van der Waals surface area (Å²) in [6.07, 6.45) is 20.0. The van der Waals surface area contributed by atoms with Gasteiger partial charge in [0.25, 0.3) is 22.2 Å². The van der Waals surface area contributed by atoms with Crippen molar-refractivity contribution in [2.45, 2.75) is 141 Å². The Labute approximate surface area is 764 Å². The Hall–Kier alpha value is -14.8. The lowest BCUT2D eigenvalue weighted by Crippen LogP contribution is -2.29. The molecule has 0 bridgehead atoms. The van der Waals surface area contributed by atoms with Gasteiger partial charge in [-0.05, 0) is 150 Å². The summed E-state index contributed by atoms with van der Waals surface area (Å²) in [6.45, 7) is 9.83. The van der Waals surface area contributed by atoms with E-state index in [9.17, 15) is 23.6 Å². The highest BCUT2D eigenvalue weighted by molar-refractivity contribution is 6.36. The van der Waals surface area contributed by atoms with Crippen LogP contribution in [0.25, 0.3) is 94.7 Å². The van der Waals surface area contributed by atoms with Crippen LogP contribution in [0.4, 0.5) is 50.9 Å². The maximum absolute atomic E-state index is 13.7. The van der Waals surface area contributed by atoms with Gasteiger partial charge in [0.15, 0.2) is 5.82 Å². The molecule has 12 N–H and O–H groups in total. The zero-order valence-corrected chi connectivity index (χ0v) is 74.6. The number of halogens is 5. The van der Waals surface area contributed by atoms with E-state index < -0.39 is 11.9 Å². The Kier molecular flexibility index (Phi) is 25.3. The van der Waals surface area contributed by atoms with Gasteiger partial charge in [0.2, 0.25) is 5.89 Å². The minimum atomic E-state index is -0.511. The highest BCUT2D eigenvalue weighted by Crippen LogP contribution is 2.44. The first-order valence-electron chi connectivity index (χ1n) is 42.2. The number of rotatable bonds is 24. The number of anilines is 8. The predicted octanol–water partition coefficient (Wildman–Crippen LogP) is 15.9. The maximum atomic E-state index is 13.7. The Balaban J connectivity index is 0.000000122. The van der Waals surface area contributed by atoms with Crippen molar-refractivity contribution in [3.05, 3.63) is 256 Å². The van der Waals surface area contributed by atoms with Crippen molar-refractivity contribution >= 4 is 137 Å². The molecule has 37 nitrogen and oxygen atoms in total. The monoisotopic (exact) mass is 1840 g/mol. The Morgan fingerprint density at radius 3 is 1.18 bits per heavy atom. The fraction of sp³-hybridized carbons (Fsp3) is 0.270. The zero-order chi connectivity index (χ0) is 91.7. The third-order valence-electron chi connectivity index (χ3n) is 22.4. The number of oxazole rings is 1. The molecule has 12 aromatic heterocycles. The molecule has 3 aliphatic rings. The molecule has 0 spiro atoms. The SMILES string of the molecule is CC[C@@H](Nc1ncnc(N)c1-c1ccon1)c1nc2cccc(Cl)c2c(=O)n1C1CC1.CC[C@H](Nc1ncnc(N)c1-c1ccn(C)n1)c1nc2cccc(Cl)c2c(=O)n1C1CC1.CC[C@H](Nc1ncnc(N)c1-c1nc(C)co1)c1nc2cccc(Cl)c2c(=O)n1C1CC1.CC[C@H](Nc1ncnc(N)c1-c1ncn(C)n1)c1nc2cccc(Cl)c2c(=O)n1-c1ccc(F)cc1. The molecule has 0 amide bonds. The van der Waals surface area contributed by atoms with Crippen molar-refractivity contribution in [2.24, 2.45) is 14.1 Å². The summed E-state index contributed by atoms with van der Waals surface area (Å²) in [5.41, 5.74) is 30.5. The number of nitrogens with zero attached hydrogens (tertiary/aromatic N) is 23. The van der Waals surface area contributed by atoms with Gasteiger partial charge in [0.05, 0.1) is 116 Å². The van der Waals surface area contributed by atoms with Crippen molar-refractivity contribution in [2.75, 3.05) is 44.2 Å². The molecule has 42 heteroatoms. The van der Waals surface area contributed by atoms with Crippen LogP contribution in [0.2, 0.25) is 20.1 Å². The van der Waals surface area contributed by atoms with Crippen LogP contribution in [0.5, 0.6) is 0 Å². The number of nitrogens with one attached hydrogen (secondary N) is 4. The number of hydrogen-bond acceptors (Lipinski definition) is 31. The number of fused-ring (bicyclic) bond motifs is 4. The lowest BCUT2D eigenvalue weighted by molar-refractivity contribution is 0.422. The normalized spacial score (nSPS) is 13.9. The number of aryl methyl sites for hydroxylation is 3. The highest BCUT2D eigenvalue weighted by Gasteiger charge is 2.37. The molecule has 131 heavy (non-hydrogen) atoms. The van der Waals surface area contributed by atoms with E-state index in [1.807, 2.05) is 60.0 Å². The van der Waals surface area contributed by atoms with E-state index >= 15 is 0 Å². The summed E-state index contributed by atoms with van der Waals surface area (Å²) < 4.78 is 34.2. The Morgan fingerprint density at radius 1 is 0.435 bits per heavy atom. The molecule has 5 aromatic carbocycles. The van der Waals surface area contributed by atoms with Gasteiger partial charge in [-0.3, -0.25) is 46.8 Å². The molecule has 0 radical (unpaired) electrons. The predicted molar refractivity (Wildman–Crippen MR) is 500 cm³/mol. The second-order valence-corrected chi connectivity index (χ2v) is 33.0. The van der Waals surface area contributed by atoms with E-state index in [0.717, 1.165) is 44.2 Å². The average Bonchev–Trinajstić information content (AvgIpc) is 1.51. The molecule has 0 unspecified atom stereocenters. The van der Waals surface area contributed by atoms with Crippen molar-refractivity contribution in [1.82, 2.24) is 113 Å². The second kappa shape index (κ2) is 37.5. The Bertz CT molecular complexity index is 7230. The fourth-order valence-electron chi connectivity index (χ4n) is 15.6. The zero-order valence-electron chi connectivity index (χ0n) is 71.6. The lowest BCUT2D eigenvalue weighted by atomic mass is 10.1. The van der Waals surface area contributed by atoms with E-state index in [2.05, 4.69) is 86.5 Å². The first-order chi connectivity index (χ1) is 63.4. The third kappa shape index (κ3) is 18.0. The van der Waals surface area contributed by atoms with Crippen molar-refractivity contribution in [3.63, 3.8) is 0 Å². The summed E-state index contributed by atoms with van der Waals surface area (Å²) in [6, 6.07) is 29.2. The maximum Gasteiger partial charge on any atom is 0.267 e. The van der Waals surface area contributed by atoms with Crippen LogP contribution in [-0.4, -0.2) is 113 Å². The van der Waals surface area contributed by atoms with Crippen molar-refractivity contribution in [3.8, 4) is 51.0 Å². The molecular weight excluding hydrogens is 1760 g/mol. The van der Waals surface area contributed by atoms with E-state index in [-0.39, 0.29) is 86.4 Å². The van der Waals surface area contributed by atoms with Gasteiger partial charge in [-0.1, -0.05) is 104 Å². The number of benzene rings is 5. The van der Waals surface area contributed by atoms with Gasteiger partial charge in [-0.25, -0.2) is 74.2 Å². The van der Waals surface area contributed by atoms with Crippen LogP contribution < -0.4 is 66.4 Å². The van der Waals surface area contributed by atoms with Crippen LogP contribution >= 0.6 is 46.4 Å². The third-order valence-corrected chi connectivity index (χ3v) is 23.6. The fourth-order valence-corrected chi connectivity index (χ4v) is 16.6. The average molecular weight is 1850 g/mol. The molecule has 3 fully saturated rings. The molecule has 668 valence electrons. The highest BCUT2D eigenvalue weighted by atomic mass is 35.5. The first kappa shape index (κ1) is 88.3. The number of nitrogens with two attached hydrogens (primary N) is 4. The van der Waals surface area contributed by atoms with Gasteiger partial charge >= 0.3 is 0 Å². The lowest BCUT2D eigenvalue weighted by Gasteiger charge is -2.23. The largest absolute Gasteiger partial charge is 0.444 e. The van der Waals surface area contributed by atoms with Gasteiger partial charge in [-0.15, -0.1) is 0 Å². The summed E-state index contributed by atoms with van der Waals surface area (Å²) in [5.74, 6) is 5.54. The van der Waals surface area contributed by atoms with E-state index in [1.165, 1.54) is 60.4 Å². The summed E-state index contributed by atoms with van der Waals surface area (Å²) in [7, 11) is 3.58. The van der Waals surface area contributed by atoms with Crippen LogP contribution in [-0.2, 0) is 14.1 Å². The van der Waals surface area contributed by atoms with E-state index in [1.54, 1.807) is 115 Å². The molecule has 4 atom stereocenters. The van der Waals surface area contributed by atoms with Crippen LogP contribution in [0.15, 0.2) is 188 Å².